The molecule has 196 valence electrons. The Morgan fingerprint density at radius 2 is 1.60 bits per heavy atom. The van der Waals surface area contributed by atoms with Gasteiger partial charge in [-0.3, -0.25) is 0 Å². The molecule has 0 fully saturated rings. The molecule has 9 heteroatoms. The number of rotatable bonds is 6. The van der Waals surface area contributed by atoms with Gasteiger partial charge in [0.05, 0.1) is 34.1 Å². The number of nitrogens with zero attached hydrogens (tertiary/aromatic N) is 7. The van der Waals surface area contributed by atoms with E-state index < -0.39 is 0 Å². The lowest BCUT2D eigenvalue weighted by molar-refractivity contribution is 0.125. The van der Waals surface area contributed by atoms with Gasteiger partial charge in [0.25, 0.3) is 0 Å². The van der Waals surface area contributed by atoms with E-state index in [9.17, 15) is 0 Å². The average molecular weight is 528 g/mol. The molecule has 0 aliphatic carbocycles. The molecule has 3 aromatic heterocycles. The van der Waals surface area contributed by atoms with E-state index in [0.717, 1.165) is 39.3 Å². The third-order valence-corrected chi connectivity index (χ3v) is 6.98. The molecule has 7 rings (SSSR count). The summed E-state index contributed by atoms with van der Waals surface area (Å²) in [7, 11) is 0. The van der Waals surface area contributed by atoms with E-state index in [-0.39, 0.29) is 12.5 Å². The van der Waals surface area contributed by atoms with Gasteiger partial charge in [-0.15, -0.1) is 5.10 Å². The number of hydrogen-bond donors (Lipinski definition) is 0. The van der Waals surface area contributed by atoms with Crippen molar-refractivity contribution in [3.05, 3.63) is 131 Å². The number of aryl methyl sites for hydroxylation is 1. The van der Waals surface area contributed by atoms with Gasteiger partial charge < -0.3 is 9.57 Å². The Hall–Kier alpha value is -5.31. The molecule has 1 atom stereocenters. The van der Waals surface area contributed by atoms with Crippen LogP contribution in [0.3, 0.4) is 0 Å². The summed E-state index contributed by atoms with van der Waals surface area (Å²) in [5, 5.41) is 13.8. The molecular weight excluding hydrogens is 502 g/mol. The van der Waals surface area contributed by atoms with Crippen LogP contribution in [0.5, 0.6) is 11.8 Å². The van der Waals surface area contributed by atoms with E-state index >= 15 is 0 Å². The maximum atomic E-state index is 6.47. The molecule has 0 spiro atoms. The van der Waals surface area contributed by atoms with Crippen molar-refractivity contribution in [1.29, 1.82) is 0 Å². The standard InChI is InChI=1S/C31H25N7O2/c1-20(22-12-6-3-7-13-22)36-39-18-25-33-29-28-27(23-14-8-4-9-15-23)26-21(2)34-38(24-16-10-5-11-17-24)31(26)40-30(28)32-19-37(29)35-25/h3-17,19,27H,18H2,1-2H3/b36-20+/t27-/m1/s1. The summed E-state index contributed by atoms with van der Waals surface area (Å²) in [5.74, 6) is 1.42. The summed E-state index contributed by atoms with van der Waals surface area (Å²) < 4.78 is 9.98. The predicted molar refractivity (Wildman–Crippen MR) is 150 cm³/mol. The van der Waals surface area contributed by atoms with E-state index in [1.165, 1.54) is 0 Å². The Balaban J connectivity index is 1.31. The summed E-state index contributed by atoms with van der Waals surface area (Å²) >= 11 is 0. The van der Waals surface area contributed by atoms with Gasteiger partial charge in [0, 0.05) is 0 Å². The molecule has 1 aliphatic heterocycles. The minimum atomic E-state index is -0.204. The molecular formula is C31H25N7O2. The van der Waals surface area contributed by atoms with Crippen molar-refractivity contribution in [2.24, 2.45) is 5.16 Å². The highest BCUT2D eigenvalue weighted by Crippen LogP contribution is 2.49. The number of benzene rings is 3. The first kappa shape index (κ1) is 23.8. The predicted octanol–water partition coefficient (Wildman–Crippen LogP) is 5.85. The Morgan fingerprint density at radius 1 is 0.900 bits per heavy atom. The van der Waals surface area contributed by atoms with Crippen LogP contribution >= 0.6 is 0 Å². The van der Waals surface area contributed by atoms with Gasteiger partial charge in [0.15, 0.2) is 18.1 Å². The highest BCUT2D eigenvalue weighted by atomic mass is 16.6. The van der Waals surface area contributed by atoms with Crippen molar-refractivity contribution in [2.45, 2.75) is 26.4 Å². The zero-order chi connectivity index (χ0) is 27.1. The van der Waals surface area contributed by atoms with Crippen molar-refractivity contribution in [3.8, 4) is 17.4 Å². The van der Waals surface area contributed by atoms with Crippen LogP contribution in [-0.2, 0) is 11.4 Å². The van der Waals surface area contributed by atoms with E-state index in [2.05, 4.69) is 27.4 Å². The van der Waals surface area contributed by atoms with Crippen molar-refractivity contribution >= 4 is 11.4 Å². The van der Waals surface area contributed by atoms with Crippen molar-refractivity contribution in [2.75, 3.05) is 0 Å². The molecule has 0 unspecified atom stereocenters. The monoisotopic (exact) mass is 527 g/mol. The van der Waals surface area contributed by atoms with Gasteiger partial charge in [-0.25, -0.2) is 19.2 Å². The summed E-state index contributed by atoms with van der Waals surface area (Å²) in [6.45, 7) is 4.03. The number of oxime groups is 1. The second kappa shape index (κ2) is 9.77. The lowest BCUT2D eigenvalue weighted by Crippen LogP contribution is -2.16. The normalized spacial score (nSPS) is 14.4. The van der Waals surface area contributed by atoms with Crippen LogP contribution in [-0.4, -0.2) is 35.1 Å². The fraction of sp³-hybridized carbons (Fsp3) is 0.129. The van der Waals surface area contributed by atoms with Crippen molar-refractivity contribution in [3.63, 3.8) is 0 Å². The minimum absolute atomic E-state index is 0.119. The third-order valence-electron chi connectivity index (χ3n) is 6.98. The molecule has 4 heterocycles. The zero-order valence-electron chi connectivity index (χ0n) is 22.0. The lowest BCUT2D eigenvalue weighted by atomic mass is 9.84. The molecule has 0 bridgehead atoms. The molecule has 3 aromatic carbocycles. The number of fused-ring (bicyclic) bond motifs is 4. The van der Waals surface area contributed by atoms with Crippen LogP contribution in [0.1, 0.15) is 46.6 Å². The van der Waals surface area contributed by atoms with Gasteiger partial charge in [-0.05, 0) is 37.1 Å². The van der Waals surface area contributed by atoms with Crippen LogP contribution < -0.4 is 4.74 Å². The molecule has 1 aliphatic rings. The topological polar surface area (TPSA) is 91.7 Å². The summed E-state index contributed by atoms with van der Waals surface area (Å²) in [6.07, 6.45) is 1.62. The zero-order valence-corrected chi connectivity index (χ0v) is 22.0. The number of aromatic nitrogens is 6. The fourth-order valence-corrected chi connectivity index (χ4v) is 5.13. The number of hydrogen-bond acceptors (Lipinski definition) is 7. The first-order chi connectivity index (χ1) is 19.7. The Kier molecular flexibility index (Phi) is 5.81. The molecule has 40 heavy (non-hydrogen) atoms. The first-order valence-electron chi connectivity index (χ1n) is 13.0. The first-order valence-corrected chi connectivity index (χ1v) is 13.0. The smallest absolute Gasteiger partial charge is 0.230 e. The Labute approximate surface area is 230 Å². The van der Waals surface area contributed by atoms with Gasteiger partial charge in [0.2, 0.25) is 11.8 Å². The maximum absolute atomic E-state index is 6.47. The second-order valence-electron chi connectivity index (χ2n) is 9.57. The third kappa shape index (κ3) is 4.08. The molecule has 6 aromatic rings. The van der Waals surface area contributed by atoms with Crippen LogP contribution in [0.4, 0.5) is 0 Å². The molecule has 0 saturated carbocycles. The van der Waals surface area contributed by atoms with Gasteiger partial charge in [-0.1, -0.05) is 84.0 Å². The number of ether oxygens (including phenoxy) is 1. The number of para-hydroxylation sites is 1. The highest BCUT2D eigenvalue weighted by molar-refractivity contribution is 5.98. The minimum Gasteiger partial charge on any atom is -0.420 e. The van der Waals surface area contributed by atoms with Gasteiger partial charge in [-0.2, -0.15) is 5.10 Å². The van der Waals surface area contributed by atoms with Crippen LogP contribution in [0.15, 0.2) is 102 Å². The van der Waals surface area contributed by atoms with E-state index in [4.69, 9.17) is 19.7 Å². The second-order valence-corrected chi connectivity index (χ2v) is 9.57. The van der Waals surface area contributed by atoms with Crippen molar-refractivity contribution < 1.29 is 9.57 Å². The Morgan fingerprint density at radius 3 is 2.35 bits per heavy atom. The van der Waals surface area contributed by atoms with Crippen molar-refractivity contribution in [1.82, 2.24) is 29.4 Å². The highest BCUT2D eigenvalue weighted by Gasteiger charge is 2.38. The summed E-state index contributed by atoms with van der Waals surface area (Å²) in [5.41, 5.74) is 7.10. The Bertz CT molecular complexity index is 1850. The molecule has 0 radical (unpaired) electrons. The van der Waals surface area contributed by atoms with E-state index in [1.807, 2.05) is 97.4 Å². The molecule has 9 nitrogen and oxygen atoms in total. The van der Waals surface area contributed by atoms with E-state index in [1.54, 1.807) is 10.8 Å². The van der Waals surface area contributed by atoms with E-state index in [0.29, 0.717) is 23.2 Å². The SMILES string of the molecule is C/C(=N\OCc1nc2c3c(ncn2n1)Oc1c(c(C)nn1-c1ccccc1)[C@H]3c1ccccc1)c1ccccc1. The summed E-state index contributed by atoms with van der Waals surface area (Å²) in [6, 6.07) is 30.1. The quantitative estimate of drug-likeness (QED) is 0.199. The molecule has 0 amide bonds. The van der Waals surface area contributed by atoms with Crippen LogP contribution in [0.25, 0.3) is 11.3 Å². The summed E-state index contributed by atoms with van der Waals surface area (Å²) in [4.78, 5) is 15.1. The maximum Gasteiger partial charge on any atom is 0.230 e. The van der Waals surface area contributed by atoms with Crippen LogP contribution in [0, 0.1) is 6.92 Å². The molecule has 0 N–H and O–H groups in total. The average Bonchev–Trinajstić information content (AvgIpc) is 3.57. The fourth-order valence-electron chi connectivity index (χ4n) is 5.13. The molecule has 0 saturated heterocycles. The largest absolute Gasteiger partial charge is 0.420 e. The van der Waals surface area contributed by atoms with Gasteiger partial charge in [0.1, 0.15) is 6.33 Å². The van der Waals surface area contributed by atoms with Gasteiger partial charge >= 0.3 is 0 Å². The van der Waals surface area contributed by atoms with Crippen LogP contribution in [0.2, 0.25) is 0 Å². The lowest BCUT2D eigenvalue weighted by Gasteiger charge is -2.26.